The standard InChI is InChI=1S/C12H23NO/c1-3-7-13(2)8-6-10-4-5-11-12(9-10)14-11/h10-12H,3-9H2,1-2H3. The van der Waals surface area contributed by atoms with Gasteiger partial charge in [0.05, 0.1) is 12.2 Å². The van der Waals surface area contributed by atoms with E-state index in [2.05, 4.69) is 18.9 Å². The maximum atomic E-state index is 5.55. The van der Waals surface area contributed by atoms with Crippen LogP contribution >= 0.6 is 0 Å². The van der Waals surface area contributed by atoms with Crippen molar-refractivity contribution in [2.75, 3.05) is 20.1 Å². The smallest absolute Gasteiger partial charge is 0.0844 e. The topological polar surface area (TPSA) is 15.8 Å². The molecule has 0 aromatic rings. The number of hydrogen-bond acceptors (Lipinski definition) is 2. The number of ether oxygens (including phenoxy) is 1. The van der Waals surface area contributed by atoms with Crippen LogP contribution in [0.15, 0.2) is 0 Å². The molecule has 2 aliphatic rings. The third-order valence-corrected chi connectivity index (χ3v) is 3.64. The summed E-state index contributed by atoms with van der Waals surface area (Å²) in [4.78, 5) is 2.46. The summed E-state index contributed by atoms with van der Waals surface area (Å²) >= 11 is 0. The molecule has 3 atom stereocenters. The fraction of sp³-hybridized carbons (Fsp3) is 1.00. The Kier molecular flexibility index (Phi) is 3.45. The number of hydrogen-bond donors (Lipinski definition) is 0. The molecule has 0 aromatic carbocycles. The zero-order valence-corrected chi connectivity index (χ0v) is 9.54. The Hall–Kier alpha value is -0.0800. The predicted octanol–water partition coefficient (Wildman–Crippen LogP) is 2.29. The van der Waals surface area contributed by atoms with Gasteiger partial charge in [-0.1, -0.05) is 6.92 Å². The van der Waals surface area contributed by atoms with Crippen LogP contribution in [0.1, 0.15) is 39.0 Å². The number of nitrogens with zero attached hydrogens (tertiary/aromatic N) is 1. The van der Waals surface area contributed by atoms with E-state index < -0.39 is 0 Å². The summed E-state index contributed by atoms with van der Waals surface area (Å²) in [6, 6.07) is 0. The predicted molar refractivity (Wildman–Crippen MR) is 58.4 cm³/mol. The van der Waals surface area contributed by atoms with Gasteiger partial charge in [-0.2, -0.15) is 0 Å². The fourth-order valence-corrected chi connectivity index (χ4v) is 2.65. The lowest BCUT2D eigenvalue weighted by molar-refractivity contribution is 0.273. The summed E-state index contributed by atoms with van der Waals surface area (Å²) in [6.45, 7) is 4.77. The van der Waals surface area contributed by atoms with Gasteiger partial charge in [-0.05, 0) is 58.2 Å². The molecule has 0 N–H and O–H groups in total. The van der Waals surface area contributed by atoms with Crippen molar-refractivity contribution in [3.8, 4) is 0 Å². The first-order valence-corrected chi connectivity index (χ1v) is 6.13. The molecule has 0 spiro atoms. The van der Waals surface area contributed by atoms with E-state index in [0.717, 1.165) is 5.92 Å². The molecule has 2 heteroatoms. The maximum Gasteiger partial charge on any atom is 0.0844 e. The molecule has 0 bridgehead atoms. The van der Waals surface area contributed by atoms with Crippen LogP contribution in [0.3, 0.4) is 0 Å². The lowest BCUT2D eigenvalue weighted by atomic mass is 9.87. The van der Waals surface area contributed by atoms with Gasteiger partial charge in [0.2, 0.25) is 0 Å². The minimum absolute atomic E-state index is 0.658. The minimum Gasteiger partial charge on any atom is -0.370 e. The lowest BCUT2D eigenvalue weighted by Crippen LogP contribution is -2.24. The molecule has 1 aliphatic carbocycles. The molecule has 14 heavy (non-hydrogen) atoms. The minimum atomic E-state index is 0.658. The summed E-state index contributed by atoms with van der Waals surface area (Å²) in [6.07, 6.45) is 8.04. The quantitative estimate of drug-likeness (QED) is 0.628. The summed E-state index contributed by atoms with van der Waals surface area (Å²) in [5, 5.41) is 0. The molecule has 2 rings (SSSR count). The van der Waals surface area contributed by atoms with E-state index in [9.17, 15) is 0 Å². The van der Waals surface area contributed by atoms with Crippen molar-refractivity contribution >= 4 is 0 Å². The monoisotopic (exact) mass is 197 g/mol. The van der Waals surface area contributed by atoms with Gasteiger partial charge in [0.25, 0.3) is 0 Å². The van der Waals surface area contributed by atoms with Crippen LogP contribution in [0, 0.1) is 5.92 Å². The highest BCUT2D eigenvalue weighted by atomic mass is 16.6. The third-order valence-electron chi connectivity index (χ3n) is 3.64. The van der Waals surface area contributed by atoms with Gasteiger partial charge < -0.3 is 9.64 Å². The second-order valence-corrected chi connectivity index (χ2v) is 4.98. The Morgan fingerprint density at radius 2 is 2.07 bits per heavy atom. The number of rotatable bonds is 5. The second-order valence-electron chi connectivity index (χ2n) is 4.98. The number of epoxide rings is 1. The molecular formula is C12H23NO. The van der Waals surface area contributed by atoms with Crippen LogP contribution < -0.4 is 0 Å². The summed E-state index contributed by atoms with van der Waals surface area (Å²) in [5.41, 5.74) is 0. The van der Waals surface area contributed by atoms with E-state index >= 15 is 0 Å². The molecule has 1 heterocycles. The first kappa shape index (κ1) is 10.4. The van der Waals surface area contributed by atoms with E-state index in [1.165, 1.54) is 45.2 Å². The normalized spacial score (nSPS) is 35.8. The first-order chi connectivity index (χ1) is 6.79. The molecule has 3 unspecified atom stereocenters. The van der Waals surface area contributed by atoms with Crippen molar-refractivity contribution in [2.45, 2.75) is 51.2 Å². The highest BCUT2D eigenvalue weighted by Gasteiger charge is 2.43. The van der Waals surface area contributed by atoms with E-state index in [4.69, 9.17) is 4.74 Å². The van der Waals surface area contributed by atoms with E-state index in [1.807, 2.05) is 0 Å². The highest BCUT2D eigenvalue weighted by Crippen LogP contribution is 2.40. The summed E-state index contributed by atoms with van der Waals surface area (Å²) < 4.78 is 5.55. The maximum absolute atomic E-state index is 5.55. The third kappa shape index (κ3) is 2.71. The van der Waals surface area contributed by atoms with Gasteiger partial charge in [-0.3, -0.25) is 0 Å². The SMILES string of the molecule is CCCN(C)CCC1CCC2OC2C1. The Morgan fingerprint density at radius 1 is 1.21 bits per heavy atom. The Balaban J connectivity index is 1.60. The van der Waals surface area contributed by atoms with Crippen LogP contribution in [0.4, 0.5) is 0 Å². The molecule has 2 nitrogen and oxygen atoms in total. The van der Waals surface area contributed by atoms with Crippen LogP contribution in [0.5, 0.6) is 0 Å². The molecule has 0 aromatic heterocycles. The lowest BCUT2D eigenvalue weighted by Gasteiger charge is -2.22. The van der Waals surface area contributed by atoms with Crippen molar-refractivity contribution < 1.29 is 4.74 Å². The van der Waals surface area contributed by atoms with Crippen molar-refractivity contribution in [3.63, 3.8) is 0 Å². The molecule has 2 fully saturated rings. The summed E-state index contributed by atoms with van der Waals surface area (Å²) in [7, 11) is 2.24. The average molecular weight is 197 g/mol. The van der Waals surface area contributed by atoms with Crippen molar-refractivity contribution in [3.05, 3.63) is 0 Å². The van der Waals surface area contributed by atoms with Crippen LogP contribution in [0.2, 0.25) is 0 Å². The average Bonchev–Trinajstić information content (AvgIpc) is 2.93. The zero-order valence-electron chi connectivity index (χ0n) is 9.54. The molecule has 82 valence electrons. The number of fused-ring (bicyclic) bond motifs is 1. The Bertz CT molecular complexity index is 183. The molecule has 1 saturated heterocycles. The van der Waals surface area contributed by atoms with E-state index in [0.29, 0.717) is 12.2 Å². The molecule has 1 saturated carbocycles. The van der Waals surface area contributed by atoms with Gasteiger partial charge >= 0.3 is 0 Å². The van der Waals surface area contributed by atoms with Gasteiger partial charge in [0.1, 0.15) is 0 Å². The van der Waals surface area contributed by atoms with Crippen molar-refractivity contribution in [2.24, 2.45) is 5.92 Å². The molecule has 0 amide bonds. The largest absolute Gasteiger partial charge is 0.370 e. The molecule has 0 radical (unpaired) electrons. The van der Waals surface area contributed by atoms with Gasteiger partial charge in [-0.15, -0.1) is 0 Å². The Labute approximate surface area is 87.6 Å². The van der Waals surface area contributed by atoms with Crippen LogP contribution in [-0.4, -0.2) is 37.2 Å². The highest BCUT2D eigenvalue weighted by molar-refractivity contribution is 4.91. The van der Waals surface area contributed by atoms with Crippen molar-refractivity contribution in [1.82, 2.24) is 4.90 Å². The molecular weight excluding hydrogens is 174 g/mol. The first-order valence-electron chi connectivity index (χ1n) is 6.13. The zero-order chi connectivity index (χ0) is 9.97. The second kappa shape index (κ2) is 4.63. The molecule has 1 aliphatic heterocycles. The van der Waals surface area contributed by atoms with E-state index in [1.54, 1.807) is 0 Å². The van der Waals surface area contributed by atoms with Crippen LogP contribution in [-0.2, 0) is 4.74 Å². The Morgan fingerprint density at radius 3 is 2.79 bits per heavy atom. The van der Waals surface area contributed by atoms with E-state index in [-0.39, 0.29) is 0 Å². The fourth-order valence-electron chi connectivity index (χ4n) is 2.65. The van der Waals surface area contributed by atoms with Crippen molar-refractivity contribution in [1.29, 1.82) is 0 Å². The van der Waals surface area contributed by atoms with Gasteiger partial charge in [0, 0.05) is 0 Å². The van der Waals surface area contributed by atoms with Gasteiger partial charge in [0.15, 0.2) is 0 Å². The van der Waals surface area contributed by atoms with Crippen LogP contribution in [0.25, 0.3) is 0 Å². The van der Waals surface area contributed by atoms with Gasteiger partial charge in [-0.25, -0.2) is 0 Å². The summed E-state index contributed by atoms with van der Waals surface area (Å²) in [5.74, 6) is 0.943.